The van der Waals surface area contributed by atoms with Crippen LogP contribution in [0.25, 0.3) is 0 Å². The van der Waals surface area contributed by atoms with Crippen molar-refractivity contribution < 1.29 is 14.3 Å². The van der Waals surface area contributed by atoms with Crippen molar-refractivity contribution in [2.24, 2.45) is 7.05 Å². The van der Waals surface area contributed by atoms with Gasteiger partial charge in [-0.05, 0) is 19.1 Å². The van der Waals surface area contributed by atoms with Gasteiger partial charge in [-0.3, -0.25) is 14.9 Å². The molecule has 0 spiro atoms. The summed E-state index contributed by atoms with van der Waals surface area (Å²) in [4.78, 5) is 24.4. The molecule has 0 bridgehead atoms. The molecule has 0 unspecified atom stereocenters. The third-order valence-corrected chi connectivity index (χ3v) is 5.56. The fraction of sp³-hybridized carbons (Fsp3) is 0.294. The molecule has 12 heteroatoms. The summed E-state index contributed by atoms with van der Waals surface area (Å²) in [6, 6.07) is 6.97. The molecule has 2 N–H and O–H groups in total. The summed E-state index contributed by atoms with van der Waals surface area (Å²) in [5.74, 6) is 0.733. The van der Waals surface area contributed by atoms with E-state index in [1.54, 1.807) is 35.9 Å². The van der Waals surface area contributed by atoms with Gasteiger partial charge in [-0.15, -0.1) is 20.4 Å². The lowest BCUT2D eigenvalue weighted by atomic mass is 10.2. The summed E-state index contributed by atoms with van der Waals surface area (Å²) in [5.41, 5.74) is 0.440. The molecule has 1 aromatic carbocycles. The number of methoxy groups -OCH3 is 1. The van der Waals surface area contributed by atoms with Gasteiger partial charge in [0.05, 0.1) is 25.0 Å². The zero-order chi connectivity index (χ0) is 20.8. The molecule has 10 nitrogen and oxygen atoms in total. The number of ether oxygens (including phenoxy) is 1. The molecular weight excluding hydrogens is 414 g/mol. The van der Waals surface area contributed by atoms with Gasteiger partial charge >= 0.3 is 0 Å². The van der Waals surface area contributed by atoms with E-state index in [2.05, 4.69) is 31.0 Å². The highest BCUT2D eigenvalue weighted by Crippen LogP contribution is 2.19. The first-order valence-corrected chi connectivity index (χ1v) is 10.3. The molecule has 29 heavy (non-hydrogen) atoms. The Morgan fingerprint density at radius 1 is 1.21 bits per heavy atom. The van der Waals surface area contributed by atoms with Crippen LogP contribution in [0.1, 0.15) is 21.2 Å². The summed E-state index contributed by atoms with van der Waals surface area (Å²) in [7, 11) is 3.29. The molecule has 3 rings (SSSR count). The molecule has 0 fully saturated rings. The molecule has 3 aromatic rings. The van der Waals surface area contributed by atoms with Crippen LogP contribution in [0.5, 0.6) is 5.75 Å². The number of rotatable bonds is 8. The monoisotopic (exact) mass is 433 g/mol. The summed E-state index contributed by atoms with van der Waals surface area (Å²) in [6.45, 7) is 2.01. The molecule has 152 valence electrons. The second kappa shape index (κ2) is 9.47. The normalized spacial score (nSPS) is 10.6. The number of anilines is 1. The minimum Gasteiger partial charge on any atom is -0.496 e. The van der Waals surface area contributed by atoms with Crippen molar-refractivity contribution in [1.29, 1.82) is 0 Å². The smallest absolute Gasteiger partial charge is 0.255 e. The Bertz CT molecular complexity index is 1020. The van der Waals surface area contributed by atoms with Crippen molar-refractivity contribution >= 4 is 40.0 Å². The van der Waals surface area contributed by atoms with Gasteiger partial charge in [0.15, 0.2) is 11.0 Å². The Morgan fingerprint density at radius 2 is 2.00 bits per heavy atom. The fourth-order valence-electron chi connectivity index (χ4n) is 2.34. The van der Waals surface area contributed by atoms with Gasteiger partial charge in [0, 0.05) is 7.05 Å². The summed E-state index contributed by atoms with van der Waals surface area (Å²) < 4.78 is 6.93. The van der Waals surface area contributed by atoms with E-state index in [-0.39, 0.29) is 24.1 Å². The summed E-state index contributed by atoms with van der Waals surface area (Å²) >= 11 is 2.55. The van der Waals surface area contributed by atoms with Crippen molar-refractivity contribution in [2.75, 3.05) is 18.2 Å². The van der Waals surface area contributed by atoms with Crippen LogP contribution in [0.4, 0.5) is 5.13 Å². The Balaban J connectivity index is 1.53. The second-order valence-electron chi connectivity index (χ2n) is 5.80. The number of aromatic nitrogens is 5. The maximum Gasteiger partial charge on any atom is 0.255 e. The highest BCUT2D eigenvalue weighted by atomic mass is 32.2. The van der Waals surface area contributed by atoms with E-state index in [1.807, 2.05) is 6.92 Å². The number of para-hydroxylation sites is 1. The third kappa shape index (κ3) is 5.29. The molecule has 0 radical (unpaired) electrons. The minimum atomic E-state index is -0.272. The number of aryl methyl sites for hydroxylation is 1. The van der Waals surface area contributed by atoms with Gasteiger partial charge in [-0.25, -0.2) is 0 Å². The number of carbonyl (C=O) groups excluding carboxylic acids is 2. The molecule has 2 heterocycles. The number of hydrogen-bond acceptors (Lipinski definition) is 9. The molecule has 0 aliphatic rings. The number of benzene rings is 1. The largest absolute Gasteiger partial charge is 0.496 e. The standard InChI is InChI=1S/C17H19N7O3S2/c1-10-20-22-16(29-10)19-14(25)9-28-17-23-21-13(24(17)2)8-18-15(26)11-6-4-5-7-12(11)27-3/h4-7H,8-9H2,1-3H3,(H,18,26)(H,19,22,25). The summed E-state index contributed by atoms with van der Waals surface area (Å²) in [6.07, 6.45) is 0. The zero-order valence-corrected chi connectivity index (χ0v) is 17.6. The van der Waals surface area contributed by atoms with Crippen LogP contribution in [-0.4, -0.2) is 49.6 Å². The fourth-order valence-corrected chi connectivity index (χ4v) is 3.68. The molecule has 0 aliphatic heterocycles. The number of nitrogens with one attached hydrogen (secondary N) is 2. The highest BCUT2D eigenvalue weighted by Gasteiger charge is 2.15. The molecular formula is C17H19N7O3S2. The number of carbonyl (C=O) groups is 2. The lowest BCUT2D eigenvalue weighted by Gasteiger charge is -2.09. The Morgan fingerprint density at radius 3 is 2.72 bits per heavy atom. The quantitative estimate of drug-likeness (QED) is 0.514. The molecule has 2 amide bonds. The third-order valence-electron chi connectivity index (χ3n) is 3.79. The SMILES string of the molecule is COc1ccccc1C(=O)NCc1nnc(SCC(=O)Nc2nnc(C)s2)n1C. The first-order chi connectivity index (χ1) is 14.0. The molecule has 0 aliphatic carbocycles. The van der Waals surface area contributed by atoms with E-state index in [1.165, 1.54) is 30.2 Å². The van der Waals surface area contributed by atoms with Crippen LogP contribution in [0.3, 0.4) is 0 Å². The number of nitrogens with zero attached hydrogens (tertiary/aromatic N) is 5. The summed E-state index contributed by atoms with van der Waals surface area (Å²) in [5, 5.41) is 23.2. The van der Waals surface area contributed by atoms with Crippen molar-refractivity contribution in [3.63, 3.8) is 0 Å². The van der Waals surface area contributed by atoms with Gasteiger partial charge in [-0.2, -0.15) is 0 Å². The molecule has 0 saturated carbocycles. The first-order valence-electron chi connectivity index (χ1n) is 8.50. The van der Waals surface area contributed by atoms with Crippen LogP contribution in [-0.2, 0) is 18.4 Å². The van der Waals surface area contributed by atoms with Crippen LogP contribution < -0.4 is 15.4 Å². The predicted octanol–water partition coefficient (Wildman–Crippen LogP) is 1.64. The van der Waals surface area contributed by atoms with Crippen molar-refractivity contribution in [3.8, 4) is 5.75 Å². The van der Waals surface area contributed by atoms with Crippen molar-refractivity contribution in [1.82, 2.24) is 30.3 Å². The number of thioether (sulfide) groups is 1. The maximum absolute atomic E-state index is 12.4. The highest BCUT2D eigenvalue weighted by molar-refractivity contribution is 7.99. The number of hydrogen-bond donors (Lipinski definition) is 2. The predicted molar refractivity (Wildman–Crippen MR) is 109 cm³/mol. The molecule has 0 atom stereocenters. The van der Waals surface area contributed by atoms with Gasteiger partial charge in [0.25, 0.3) is 5.91 Å². The first kappa shape index (κ1) is 20.7. The maximum atomic E-state index is 12.4. The van der Waals surface area contributed by atoms with Gasteiger partial charge in [-0.1, -0.05) is 35.2 Å². The Hall–Kier alpha value is -2.99. The lowest BCUT2D eigenvalue weighted by molar-refractivity contribution is -0.113. The van der Waals surface area contributed by atoms with Crippen LogP contribution in [0.15, 0.2) is 29.4 Å². The van der Waals surface area contributed by atoms with E-state index in [9.17, 15) is 9.59 Å². The van der Waals surface area contributed by atoms with Crippen LogP contribution in [0.2, 0.25) is 0 Å². The van der Waals surface area contributed by atoms with Gasteiger partial charge in [0.2, 0.25) is 11.0 Å². The average molecular weight is 434 g/mol. The van der Waals surface area contributed by atoms with Crippen molar-refractivity contribution in [3.05, 3.63) is 40.7 Å². The van der Waals surface area contributed by atoms with E-state index < -0.39 is 0 Å². The van der Waals surface area contributed by atoms with E-state index >= 15 is 0 Å². The zero-order valence-electron chi connectivity index (χ0n) is 16.0. The van der Waals surface area contributed by atoms with Gasteiger partial charge in [0.1, 0.15) is 10.8 Å². The van der Waals surface area contributed by atoms with E-state index in [0.717, 1.165) is 5.01 Å². The molecule has 0 saturated heterocycles. The minimum absolute atomic E-state index is 0.151. The number of amides is 2. The second-order valence-corrected chi connectivity index (χ2v) is 7.93. The topological polar surface area (TPSA) is 124 Å². The van der Waals surface area contributed by atoms with Crippen LogP contribution in [0, 0.1) is 6.92 Å². The van der Waals surface area contributed by atoms with Crippen molar-refractivity contribution in [2.45, 2.75) is 18.6 Å². The van der Waals surface area contributed by atoms with E-state index in [0.29, 0.717) is 27.4 Å². The van der Waals surface area contributed by atoms with E-state index in [4.69, 9.17) is 4.74 Å². The molecule has 2 aromatic heterocycles. The Kier molecular flexibility index (Phi) is 6.77. The average Bonchev–Trinajstić information content (AvgIpc) is 3.29. The van der Waals surface area contributed by atoms with Crippen LogP contribution >= 0.6 is 23.1 Å². The lowest BCUT2D eigenvalue weighted by Crippen LogP contribution is -2.25. The van der Waals surface area contributed by atoms with Gasteiger partial charge < -0.3 is 14.6 Å². The Labute approximate surface area is 175 Å².